The number of nitrogens with zero attached hydrogens (tertiary/aromatic N) is 2. The number of hydrogen-bond acceptors (Lipinski definition) is 4. The van der Waals surface area contributed by atoms with Gasteiger partial charge < -0.3 is 4.74 Å². The van der Waals surface area contributed by atoms with Crippen LogP contribution in [-0.4, -0.2) is 9.91 Å². The molecule has 1 aromatic heterocycles. The van der Waals surface area contributed by atoms with Gasteiger partial charge in [0.25, 0.3) is 5.88 Å². The summed E-state index contributed by atoms with van der Waals surface area (Å²) in [6, 6.07) is 6.86. The number of hydrogen-bond donors (Lipinski definition) is 0. The monoisotopic (exact) mass is 322 g/mol. The normalized spacial score (nSPS) is 10.3. The molecule has 1 heterocycles. The highest BCUT2D eigenvalue weighted by molar-refractivity contribution is 9.10. The molecule has 0 unspecified atom stereocenters. The SMILES string of the molecule is Cc1cnc(Oc2ccc(Br)cc2C)c([N+](=O)[O-])c1. The van der Waals surface area contributed by atoms with Gasteiger partial charge in [0.05, 0.1) is 4.92 Å². The number of aryl methyl sites for hydroxylation is 2. The standard InChI is InChI=1S/C13H11BrN2O3/c1-8-5-11(16(17)18)13(15-7-8)19-12-4-3-10(14)6-9(12)2/h3-7H,1-2H3. The molecular weight excluding hydrogens is 312 g/mol. The number of halogens is 1. The van der Waals surface area contributed by atoms with Gasteiger partial charge in [0.2, 0.25) is 0 Å². The predicted octanol–water partition coefficient (Wildman–Crippen LogP) is 4.16. The fraction of sp³-hybridized carbons (Fsp3) is 0.154. The van der Waals surface area contributed by atoms with Gasteiger partial charge in [0, 0.05) is 16.7 Å². The Hall–Kier alpha value is -1.95. The Morgan fingerprint density at radius 3 is 2.68 bits per heavy atom. The molecule has 0 amide bonds. The molecule has 0 radical (unpaired) electrons. The quantitative estimate of drug-likeness (QED) is 0.628. The molecule has 0 N–H and O–H groups in total. The van der Waals surface area contributed by atoms with Crippen LogP contribution in [0.5, 0.6) is 11.6 Å². The van der Waals surface area contributed by atoms with Gasteiger partial charge in [0.1, 0.15) is 5.75 Å². The maximum atomic E-state index is 11.0. The third kappa shape index (κ3) is 3.08. The smallest absolute Gasteiger partial charge is 0.331 e. The third-order valence-corrected chi connectivity index (χ3v) is 3.00. The van der Waals surface area contributed by atoms with E-state index in [4.69, 9.17) is 4.74 Å². The van der Waals surface area contributed by atoms with Gasteiger partial charge in [-0.15, -0.1) is 0 Å². The van der Waals surface area contributed by atoms with E-state index in [1.807, 2.05) is 19.1 Å². The fourth-order valence-corrected chi connectivity index (χ4v) is 2.06. The van der Waals surface area contributed by atoms with Crippen molar-refractivity contribution in [1.82, 2.24) is 4.98 Å². The number of aromatic nitrogens is 1. The van der Waals surface area contributed by atoms with E-state index >= 15 is 0 Å². The second kappa shape index (κ2) is 5.36. The van der Waals surface area contributed by atoms with E-state index in [-0.39, 0.29) is 11.6 Å². The lowest BCUT2D eigenvalue weighted by Crippen LogP contribution is -1.97. The minimum absolute atomic E-state index is 0.000947. The van der Waals surface area contributed by atoms with Gasteiger partial charge in [0.15, 0.2) is 0 Å². The van der Waals surface area contributed by atoms with Crippen LogP contribution in [0.1, 0.15) is 11.1 Å². The summed E-state index contributed by atoms with van der Waals surface area (Å²) < 4.78 is 6.46. The van der Waals surface area contributed by atoms with E-state index in [1.165, 1.54) is 12.3 Å². The third-order valence-electron chi connectivity index (χ3n) is 2.51. The minimum atomic E-state index is -0.497. The van der Waals surface area contributed by atoms with Crippen LogP contribution in [0.15, 0.2) is 34.9 Å². The molecule has 0 bridgehead atoms. The lowest BCUT2D eigenvalue weighted by Gasteiger charge is -2.08. The summed E-state index contributed by atoms with van der Waals surface area (Å²) in [7, 11) is 0. The van der Waals surface area contributed by atoms with Gasteiger partial charge in [-0.25, -0.2) is 4.98 Å². The Labute approximate surface area is 118 Å². The van der Waals surface area contributed by atoms with Crippen LogP contribution in [0.2, 0.25) is 0 Å². The molecule has 0 atom stereocenters. The Morgan fingerprint density at radius 1 is 1.32 bits per heavy atom. The zero-order valence-electron chi connectivity index (χ0n) is 10.4. The molecule has 2 rings (SSSR count). The summed E-state index contributed by atoms with van der Waals surface area (Å²) in [6.45, 7) is 3.61. The lowest BCUT2D eigenvalue weighted by molar-refractivity contribution is -0.386. The van der Waals surface area contributed by atoms with Crippen molar-refractivity contribution in [3.8, 4) is 11.6 Å². The molecule has 1 aromatic carbocycles. The highest BCUT2D eigenvalue weighted by Gasteiger charge is 2.18. The van der Waals surface area contributed by atoms with Crippen LogP contribution in [0.4, 0.5) is 5.69 Å². The first-order chi connectivity index (χ1) is 8.97. The zero-order chi connectivity index (χ0) is 14.0. The summed E-state index contributed by atoms with van der Waals surface area (Å²) in [5.74, 6) is 0.545. The molecule has 6 heteroatoms. The Morgan fingerprint density at radius 2 is 2.05 bits per heavy atom. The Balaban J connectivity index is 2.40. The van der Waals surface area contributed by atoms with Gasteiger partial charge in [-0.1, -0.05) is 15.9 Å². The Kier molecular flexibility index (Phi) is 3.80. The fourth-order valence-electron chi connectivity index (χ4n) is 1.58. The van der Waals surface area contributed by atoms with E-state index in [0.717, 1.165) is 10.0 Å². The van der Waals surface area contributed by atoms with Crippen LogP contribution in [0, 0.1) is 24.0 Å². The van der Waals surface area contributed by atoms with Crippen LogP contribution >= 0.6 is 15.9 Å². The van der Waals surface area contributed by atoms with E-state index in [2.05, 4.69) is 20.9 Å². The average Bonchev–Trinajstić information content (AvgIpc) is 2.34. The van der Waals surface area contributed by atoms with Crippen molar-refractivity contribution in [2.75, 3.05) is 0 Å². The van der Waals surface area contributed by atoms with Gasteiger partial charge >= 0.3 is 5.69 Å². The van der Waals surface area contributed by atoms with Crippen molar-refractivity contribution in [1.29, 1.82) is 0 Å². The average molecular weight is 323 g/mol. The molecule has 0 spiro atoms. The number of nitro groups is 1. The topological polar surface area (TPSA) is 65.3 Å². The molecule has 0 aliphatic heterocycles. The molecule has 0 saturated heterocycles. The molecule has 19 heavy (non-hydrogen) atoms. The summed E-state index contributed by atoms with van der Waals surface area (Å²) in [4.78, 5) is 14.5. The summed E-state index contributed by atoms with van der Waals surface area (Å²) in [5.41, 5.74) is 1.44. The van der Waals surface area contributed by atoms with Crippen LogP contribution in [0.3, 0.4) is 0 Å². The summed E-state index contributed by atoms with van der Waals surface area (Å²) >= 11 is 3.35. The van der Waals surface area contributed by atoms with Crippen LogP contribution in [0.25, 0.3) is 0 Å². The summed E-state index contributed by atoms with van der Waals surface area (Å²) in [6.07, 6.45) is 1.54. The second-order valence-corrected chi connectivity index (χ2v) is 5.02. The molecule has 0 aliphatic carbocycles. The lowest BCUT2D eigenvalue weighted by atomic mass is 10.2. The maximum absolute atomic E-state index is 11.0. The molecule has 0 saturated carbocycles. The highest BCUT2D eigenvalue weighted by Crippen LogP contribution is 2.32. The zero-order valence-corrected chi connectivity index (χ0v) is 12.0. The van der Waals surface area contributed by atoms with E-state index in [9.17, 15) is 10.1 Å². The van der Waals surface area contributed by atoms with E-state index in [1.54, 1.807) is 13.0 Å². The minimum Gasteiger partial charge on any atom is -0.433 e. The van der Waals surface area contributed by atoms with Crippen molar-refractivity contribution >= 4 is 21.6 Å². The predicted molar refractivity (Wildman–Crippen MR) is 74.6 cm³/mol. The van der Waals surface area contributed by atoms with Crippen molar-refractivity contribution in [3.05, 3.63) is 56.2 Å². The van der Waals surface area contributed by atoms with Gasteiger partial charge in [-0.05, 0) is 43.2 Å². The van der Waals surface area contributed by atoms with Gasteiger partial charge in [-0.2, -0.15) is 0 Å². The largest absolute Gasteiger partial charge is 0.433 e. The molecule has 2 aromatic rings. The number of rotatable bonds is 3. The first-order valence-electron chi connectivity index (χ1n) is 5.52. The number of benzene rings is 1. The van der Waals surface area contributed by atoms with Crippen molar-refractivity contribution in [3.63, 3.8) is 0 Å². The maximum Gasteiger partial charge on any atom is 0.331 e. The molecule has 5 nitrogen and oxygen atoms in total. The van der Waals surface area contributed by atoms with Gasteiger partial charge in [-0.3, -0.25) is 10.1 Å². The first-order valence-corrected chi connectivity index (χ1v) is 6.31. The van der Waals surface area contributed by atoms with E-state index < -0.39 is 4.92 Å². The van der Waals surface area contributed by atoms with Crippen LogP contribution in [-0.2, 0) is 0 Å². The van der Waals surface area contributed by atoms with E-state index in [0.29, 0.717) is 11.3 Å². The van der Waals surface area contributed by atoms with Crippen molar-refractivity contribution in [2.45, 2.75) is 13.8 Å². The van der Waals surface area contributed by atoms with Crippen molar-refractivity contribution in [2.24, 2.45) is 0 Å². The first kappa shape index (κ1) is 13.5. The summed E-state index contributed by atoms with van der Waals surface area (Å²) in [5, 5.41) is 11.0. The molecular formula is C13H11BrN2O3. The highest BCUT2D eigenvalue weighted by atomic mass is 79.9. The molecule has 0 aliphatic rings. The second-order valence-electron chi connectivity index (χ2n) is 4.11. The molecule has 0 fully saturated rings. The number of pyridine rings is 1. The molecule has 98 valence electrons. The number of ether oxygens (including phenoxy) is 1. The van der Waals surface area contributed by atoms with Crippen LogP contribution < -0.4 is 4.74 Å². The Bertz CT molecular complexity index is 644. The van der Waals surface area contributed by atoms with Crippen molar-refractivity contribution < 1.29 is 9.66 Å².